The molecule has 3 rings (SSSR count). The first-order chi connectivity index (χ1) is 8.39. The van der Waals surface area contributed by atoms with Crippen molar-refractivity contribution in [3.63, 3.8) is 0 Å². The SMILES string of the molecule is c1ccc(C[P+]23CCCCP2CCCC3)cc1. The van der Waals surface area contributed by atoms with E-state index in [9.17, 15) is 0 Å². The second-order valence-electron chi connectivity index (χ2n) is 5.55. The summed E-state index contributed by atoms with van der Waals surface area (Å²) < 4.78 is 0. The third-order valence-corrected chi connectivity index (χ3v) is 16.9. The smallest absolute Gasteiger partial charge is 0.0622 e. The van der Waals surface area contributed by atoms with E-state index < -0.39 is 6.95 Å². The Hall–Kier alpha value is 0.0800. The maximum Gasteiger partial charge on any atom is 0.0864 e. The predicted octanol–water partition coefficient (Wildman–Crippen LogP) is 5.19. The van der Waals surface area contributed by atoms with Crippen LogP contribution in [0.1, 0.15) is 31.2 Å². The van der Waals surface area contributed by atoms with Crippen molar-refractivity contribution in [3.8, 4) is 0 Å². The van der Waals surface area contributed by atoms with Gasteiger partial charge >= 0.3 is 0 Å². The van der Waals surface area contributed by atoms with Gasteiger partial charge in [-0.3, -0.25) is 0 Å². The van der Waals surface area contributed by atoms with E-state index in [1.54, 1.807) is 55.9 Å². The van der Waals surface area contributed by atoms with Gasteiger partial charge in [-0.25, -0.2) is 0 Å². The zero-order valence-corrected chi connectivity index (χ0v) is 12.4. The fraction of sp³-hybridized carbons (Fsp3) is 0.600. The zero-order valence-electron chi connectivity index (χ0n) is 10.6. The molecule has 0 radical (unpaired) electrons. The minimum Gasteiger partial charge on any atom is -0.0622 e. The van der Waals surface area contributed by atoms with Crippen LogP contribution in [-0.2, 0) is 6.16 Å². The van der Waals surface area contributed by atoms with Crippen LogP contribution in [0.15, 0.2) is 30.3 Å². The first kappa shape index (κ1) is 12.1. The van der Waals surface area contributed by atoms with Gasteiger partial charge in [-0.2, -0.15) is 0 Å². The molecule has 17 heavy (non-hydrogen) atoms. The van der Waals surface area contributed by atoms with Crippen LogP contribution in [0.3, 0.4) is 0 Å². The molecule has 2 aliphatic heterocycles. The van der Waals surface area contributed by atoms with Gasteiger partial charge in [0.05, 0.1) is 26.1 Å². The number of hydrogen-bond acceptors (Lipinski definition) is 0. The van der Waals surface area contributed by atoms with Crippen molar-refractivity contribution in [2.75, 3.05) is 24.6 Å². The van der Waals surface area contributed by atoms with Crippen LogP contribution in [0, 0.1) is 0 Å². The van der Waals surface area contributed by atoms with Crippen molar-refractivity contribution in [2.45, 2.75) is 31.8 Å². The summed E-state index contributed by atoms with van der Waals surface area (Å²) in [5.41, 5.74) is 1.64. The summed E-state index contributed by atoms with van der Waals surface area (Å²) >= 11 is 0. The van der Waals surface area contributed by atoms with E-state index in [0.29, 0.717) is 7.61 Å². The molecular formula is C15H23P2+. The summed E-state index contributed by atoms with van der Waals surface area (Å²) in [6, 6.07) is 11.3. The summed E-state index contributed by atoms with van der Waals surface area (Å²) in [5.74, 6) is 0. The Morgan fingerprint density at radius 1 is 0.882 bits per heavy atom. The van der Waals surface area contributed by atoms with Gasteiger partial charge in [0, 0.05) is 19.3 Å². The Morgan fingerprint density at radius 3 is 2.18 bits per heavy atom. The van der Waals surface area contributed by atoms with Gasteiger partial charge in [-0.1, -0.05) is 30.3 Å². The highest BCUT2D eigenvalue weighted by atomic mass is 32.1. The lowest BCUT2D eigenvalue weighted by Crippen LogP contribution is -2.17. The lowest BCUT2D eigenvalue weighted by atomic mass is 10.2. The van der Waals surface area contributed by atoms with Crippen molar-refractivity contribution in [2.24, 2.45) is 0 Å². The molecule has 0 amide bonds. The molecule has 0 bridgehead atoms. The Balaban J connectivity index is 1.81. The maximum atomic E-state index is 2.37. The van der Waals surface area contributed by atoms with Gasteiger partial charge in [-0.05, 0) is 31.2 Å². The largest absolute Gasteiger partial charge is 0.0864 e. The molecule has 2 heterocycles. The fourth-order valence-electron chi connectivity index (χ4n) is 3.51. The molecule has 92 valence electrons. The standard InChI is InChI=1S/C15H23P2/c1-2-8-15(9-3-1)14-17-12-6-4-10-16(17)11-5-7-13-17/h1-3,8-9H,4-7,10-14H2/q+1. The van der Waals surface area contributed by atoms with Crippen LogP contribution in [0.2, 0.25) is 0 Å². The van der Waals surface area contributed by atoms with E-state index in [2.05, 4.69) is 30.3 Å². The molecule has 0 aromatic heterocycles. The summed E-state index contributed by atoms with van der Waals surface area (Å²) in [4.78, 5) is 0. The van der Waals surface area contributed by atoms with Crippen LogP contribution < -0.4 is 0 Å². The topological polar surface area (TPSA) is 0 Å². The summed E-state index contributed by atoms with van der Waals surface area (Å²) in [7, 11) is 0.457. The van der Waals surface area contributed by atoms with Crippen molar-refractivity contribution in [3.05, 3.63) is 35.9 Å². The molecule has 0 saturated carbocycles. The van der Waals surface area contributed by atoms with Crippen molar-refractivity contribution in [1.29, 1.82) is 0 Å². The minimum absolute atomic E-state index is 0.457. The summed E-state index contributed by atoms with van der Waals surface area (Å²) in [6.07, 6.45) is 14.2. The monoisotopic (exact) mass is 265 g/mol. The molecule has 1 aromatic rings. The highest BCUT2D eigenvalue weighted by molar-refractivity contribution is 8.38. The highest BCUT2D eigenvalue weighted by Crippen LogP contribution is 2.89. The van der Waals surface area contributed by atoms with Crippen LogP contribution >= 0.6 is 14.6 Å². The molecule has 2 aliphatic rings. The van der Waals surface area contributed by atoms with Crippen LogP contribution in [0.4, 0.5) is 0 Å². The molecule has 2 saturated heterocycles. The molecule has 0 spiro atoms. The first-order valence-corrected chi connectivity index (χ1v) is 11.8. The first-order valence-electron chi connectivity index (χ1n) is 7.05. The average Bonchev–Trinajstić information content (AvgIpc) is 2.39. The molecular weight excluding hydrogens is 242 g/mol. The maximum absolute atomic E-state index is 2.37. The lowest BCUT2D eigenvalue weighted by Gasteiger charge is -2.41. The third kappa shape index (κ3) is 2.59. The quantitative estimate of drug-likeness (QED) is 0.646. The predicted molar refractivity (Wildman–Crippen MR) is 81.9 cm³/mol. The van der Waals surface area contributed by atoms with Crippen molar-refractivity contribution < 1.29 is 0 Å². The average molecular weight is 265 g/mol. The molecule has 0 aliphatic carbocycles. The van der Waals surface area contributed by atoms with Crippen LogP contribution in [-0.4, -0.2) is 24.6 Å². The van der Waals surface area contributed by atoms with E-state index in [1.807, 2.05) is 0 Å². The number of hydrogen-bond donors (Lipinski definition) is 0. The highest BCUT2D eigenvalue weighted by Gasteiger charge is 2.48. The second kappa shape index (κ2) is 5.38. The van der Waals surface area contributed by atoms with E-state index in [0.717, 1.165) is 0 Å². The summed E-state index contributed by atoms with van der Waals surface area (Å²) in [5, 5.41) is 0. The molecule has 0 unspecified atom stereocenters. The Labute approximate surface area is 107 Å². The molecule has 2 fully saturated rings. The Kier molecular flexibility index (Phi) is 3.84. The fourth-order valence-corrected chi connectivity index (χ4v) is 16.6. The van der Waals surface area contributed by atoms with E-state index in [-0.39, 0.29) is 0 Å². The van der Waals surface area contributed by atoms with Gasteiger partial charge < -0.3 is 0 Å². The van der Waals surface area contributed by atoms with Gasteiger partial charge in [0.15, 0.2) is 0 Å². The van der Waals surface area contributed by atoms with E-state index >= 15 is 0 Å². The van der Waals surface area contributed by atoms with Crippen LogP contribution in [0.5, 0.6) is 0 Å². The molecule has 0 atom stereocenters. The van der Waals surface area contributed by atoms with Gasteiger partial charge in [0.1, 0.15) is 0 Å². The van der Waals surface area contributed by atoms with Gasteiger partial charge in [0.25, 0.3) is 0 Å². The lowest BCUT2D eigenvalue weighted by molar-refractivity contribution is 0.832. The third-order valence-electron chi connectivity index (χ3n) is 4.40. The number of benzene rings is 1. The normalized spacial score (nSPS) is 33.1. The Bertz CT molecular complexity index is 348. The van der Waals surface area contributed by atoms with Crippen LogP contribution in [0.25, 0.3) is 0 Å². The second-order valence-corrected chi connectivity index (χ2v) is 15.1. The van der Waals surface area contributed by atoms with Gasteiger partial charge in [0.2, 0.25) is 0 Å². The molecule has 1 aromatic carbocycles. The number of rotatable bonds is 2. The molecule has 2 heteroatoms. The molecule has 0 N–H and O–H groups in total. The minimum atomic E-state index is -0.552. The van der Waals surface area contributed by atoms with Crippen molar-refractivity contribution >= 4 is 14.6 Å². The van der Waals surface area contributed by atoms with Gasteiger partial charge in [-0.15, -0.1) is 0 Å². The van der Waals surface area contributed by atoms with Crippen molar-refractivity contribution in [1.82, 2.24) is 0 Å². The Morgan fingerprint density at radius 2 is 1.53 bits per heavy atom. The van der Waals surface area contributed by atoms with E-state index in [4.69, 9.17) is 0 Å². The number of fused-ring (bicyclic) bond motifs is 1. The molecule has 0 nitrogen and oxygen atoms in total. The summed E-state index contributed by atoms with van der Waals surface area (Å²) in [6.45, 7) is -0.552. The zero-order chi connectivity index (χ0) is 11.6. The van der Waals surface area contributed by atoms with E-state index in [1.165, 1.54) is 6.16 Å².